The molecule has 0 heteroatoms. The third-order valence-electron chi connectivity index (χ3n) is 0.429. The Morgan fingerprint density at radius 2 is 2.33 bits per heavy atom. The lowest BCUT2D eigenvalue weighted by Gasteiger charge is -1.75. The van der Waals surface area contributed by atoms with Gasteiger partial charge in [0.25, 0.3) is 0 Å². The Labute approximate surface area is 39.2 Å². The summed E-state index contributed by atoms with van der Waals surface area (Å²) in [5, 5.41) is 0. The molecule has 0 fully saturated rings. The molecule has 0 aromatic heterocycles. The van der Waals surface area contributed by atoms with E-state index in [2.05, 4.69) is 19.2 Å². The molecule has 0 atom stereocenters. The molecule has 6 heavy (non-hydrogen) atoms. The first kappa shape index (κ1) is 5.48. The van der Waals surface area contributed by atoms with Crippen LogP contribution in [0, 0.1) is 12.5 Å². The third kappa shape index (κ3) is 3.48. The summed E-state index contributed by atoms with van der Waals surface area (Å²) in [4.78, 5) is 0. The number of rotatable bonds is 3. The van der Waals surface area contributed by atoms with Crippen LogP contribution in [0.25, 0.3) is 0 Å². The van der Waals surface area contributed by atoms with Crippen LogP contribution in [-0.2, 0) is 0 Å². The molecular weight excluding hydrogens is 72.1 g/mol. The molecule has 0 rings (SSSR count). The molecule has 0 bridgehead atoms. The maximum absolute atomic E-state index is 3.50. The zero-order valence-corrected chi connectivity index (χ0v) is 3.78. The summed E-state index contributed by atoms with van der Waals surface area (Å²) in [6.45, 7) is 6.87. The van der Waals surface area contributed by atoms with Crippen molar-refractivity contribution in [3.63, 3.8) is 0 Å². The van der Waals surface area contributed by atoms with E-state index >= 15 is 0 Å². The van der Waals surface area contributed by atoms with E-state index in [1.54, 1.807) is 6.08 Å². The van der Waals surface area contributed by atoms with Crippen molar-refractivity contribution in [2.45, 2.75) is 6.42 Å². The van der Waals surface area contributed by atoms with Crippen LogP contribution < -0.4 is 0 Å². The van der Waals surface area contributed by atoms with Gasteiger partial charge in [-0.25, -0.2) is 0 Å². The normalized spacial score (nSPS) is 7.33. The van der Waals surface area contributed by atoms with E-state index in [9.17, 15) is 0 Å². The van der Waals surface area contributed by atoms with Crippen LogP contribution in [0.2, 0.25) is 0 Å². The minimum absolute atomic E-state index is 0.878. The molecule has 0 aliphatic rings. The van der Waals surface area contributed by atoms with E-state index in [4.69, 9.17) is 0 Å². The molecule has 0 nitrogen and oxygen atoms in total. The van der Waals surface area contributed by atoms with Crippen molar-refractivity contribution in [1.29, 1.82) is 0 Å². The highest BCUT2D eigenvalue weighted by Gasteiger charge is 1.67. The summed E-state index contributed by atoms with van der Waals surface area (Å²) >= 11 is 0. The Bertz CT molecular complexity index is 36.0. The summed E-state index contributed by atoms with van der Waals surface area (Å²) in [5.41, 5.74) is 0. The molecule has 0 unspecified atom stereocenters. The fourth-order valence-electron chi connectivity index (χ4n) is 0.167. The summed E-state index contributed by atoms with van der Waals surface area (Å²) in [6, 6.07) is 0. The molecule has 0 spiro atoms. The van der Waals surface area contributed by atoms with E-state index in [1.807, 2.05) is 6.42 Å². The smallest absolute Gasteiger partial charge is 0.00590 e. The molecule has 0 aromatic rings. The van der Waals surface area contributed by atoms with Crippen molar-refractivity contribution < 1.29 is 0 Å². The second kappa shape index (κ2) is 4.48. The lowest BCUT2D eigenvalue weighted by molar-refractivity contribution is 1.28. The summed E-state index contributed by atoms with van der Waals surface area (Å²) in [6.07, 6.45) is 7.13. The summed E-state index contributed by atoms with van der Waals surface area (Å²) in [7, 11) is 0. The van der Waals surface area contributed by atoms with Crippen molar-refractivity contribution in [3.05, 3.63) is 31.7 Å². The highest BCUT2D eigenvalue weighted by molar-refractivity contribution is 4.84. The average Bonchev–Trinajstić information content (AvgIpc) is 1.61. The highest BCUT2D eigenvalue weighted by Crippen LogP contribution is 1.83. The Morgan fingerprint density at radius 3 is 2.50 bits per heavy atom. The Balaban J connectivity index is 2.66. The maximum Gasteiger partial charge on any atom is -0.00590 e. The van der Waals surface area contributed by atoms with Crippen molar-refractivity contribution in [1.82, 2.24) is 0 Å². The molecule has 0 aliphatic carbocycles. The van der Waals surface area contributed by atoms with E-state index in [0.717, 1.165) is 6.42 Å². The molecule has 32 valence electrons. The first-order chi connectivity index (χ1) is 2.91. The predicted molar refractivity (Wildman–Crippen MR) is 28.0 cm³/mol. The summed E-state index contributed by atoms with van der Waals surface area (Å²) in [5.74, 6) is 0. The summed E-state index contributed by atoms with van der Waals surface area (Å²) < 4.78 is 0. The molecule has 0 aliphatic heterocycles. The molecule has 0 amide bonds. The Morgan fingerprint density at radius 1 is 1.67 bits per heavy atom. The third-order valence-corrected chi connectivity index (χ3v) is 0.429. The average molecular weight is 80.1 g/mol. The lowest BCUT2D eigenvalue weighted by Crippen LogP contribution is -1.59. The fraction of sp³-hybridized carbons (Fsp3) is 0.167. The molecular formula is C6H8. The fourth-order valence-corrected chi connectivity index (χ4v) is 0.167. The number of allylic oxidation sites excluding steroid dienone is 2. The van der Waals surface area contributed by atoms with Crippen LogP contribution in [-0.4, -0.2) is 0 Å². The number of hydrogen-bond acceptors (Lipinski definition) is 0. The number of hydrogen-bond donors (Lipinski definition) is 0. The van der Waals surface area contributed by atoms with Gasteiger partial charge in [0.1, 0.15) is 0 Å². The van der Waals surface area contributed by atoms with E-state index < -0.39 is 0 Å². The van der Waals surface area contributed by atoms with E-state index in [-0.39, 0.29) is 0 Å². The van der Waals surface area contributed by atoms with Gasteiger partial charge in [-0.1, -0.05) is 12.7 Å². The topological polar surface area (TPSA) is 0 Å². The van der Waals surface area contributed by atoms with Gasteiger partial charge in [0.15, 0.2) is 0 Å². The van der Waals surface area contributed by atoms with Crippen LogP contribution in [0.15, 0.2) is 19.2 Å². The van der Waals surface area contributed by atoms with Gasteiger partial charge in [-0.3, -0.25) is 0 Å². The maximum atomic E-state index is 3.50. The van der Waals surface area contributed by atoms with Crippen LogP contribution >= 0.6 is 0 Å². The monoisotopic (exact) mass is 80.1 g/mol. The Kier molecular flexibility index (Phi) is 4.09. The van der Waals surface area contributed by atoms with Crippen molar-refractivity contribution in [2.24, 2.45) is 0 Å². The second-order valence-corrected chi connectivity index (χ2v) is 0.933. The molecule has 0 saturated carbocycles. The van der Waals surface area contributed by atoms with Gasteiger partial charge in [0.2, 0.25) is 0 Å². The van der Waals surface area contributed by atoms with Crippen molar-refractivity contribution in [2.75, 3.05) is 0 Å². The zero-order valence-electron chi connectivity index (χ0n) is 3.78. The van der Waals surface area contributed by atoms with Crippen LogP contribution in [0.1, 0.15) is 6.42 Å². The first-order valence-electron chi connectivity index (χ1n) is 1.87. The largest absolute Gasteiger partial charge is 0.103 e. The molecule has 2 radical (unpaired) electrons. The van der Waals surface area contributed by atoms with Gasteiger partial charge in [-0.2, -0.15) is 0 Å². The van der Waals surface area contributed by atoms with Gasteiger partial charge in [-0.15, -0.1) is 6.58 Å². The van der Waals surface area contributed by atoms with Crippen LogP contribution in [0.5, 0.6) is 0 Å². The van der Waals surface area contributed by atoms with Gasteiger partial charge < -0.3 is 0 Å². The van der Waals surface area contributed by atoms with Crippen molar-refractivity contribution in [3.8, 4) is 0 Å². The van der Waals surface area contributed by atoms with Crippen molar-refractivity contribution >= 4 is 0 Å². The second-order valence-electron chi connectivity index (χ2n) is 0.933. The van der Waals surface area contributed by atoms with Gasteiger partial charge in [-0.05, 0) is 18.9 Å². The highest BCUT2D eigenvalue weighted by atomic mass is 13.7. The minimum atomic E-state index is 0.878. The van der Waals surface area contributed by atoms with Crippen LogP contribution in [0.3, 0.4) is 0 Å². The van der Waals surface area contributed by atoms with Gasteiger partial charge >= 0.3 is 0 Å². The molecule has 0 N–H and O–H groups in total. The molecule has 0 saturated heterocycles. The van der Waals surface area contributed by atoms with Crippen LogP contribution in [0.4, 0.5) is 0 Å². The van der Waals surface area contributed by atoms with Gasteiger partial charge in [0.05, 0.1) is 0 Å². The van der Waals surface area contributed by atoms with Gasteiger partial charge in [0, 0.05) is 0 Å². The zero-order chi connectivity index (χ0) is 4.83. The first-order valence-corrected chi connectivity index (χ1v) is 1.87. The molecule has 0 aromatic carbocycles. The lowest BCUT2D eigenvalue weighted by atomic mass is 10.3. The van der Waals surface area contributed by atoms with E-state index in [0.29, 0.717) is 0 Å². The Hall–Kier alpha value is -0.520. The van der Waals surface area contributed by atoms with E-state index in [1.165, 1.54) is 0 Å². The SMILES string of the molecule is C=[C][CH]CC=C. The minimum Gasteiger partial charge on any atom is -0.103 e. The standard InChI is InChI=1S/C6H8/c1-3-5-6-4-2/h3,6H,1-2,5H2. The predicted octanol–water partition coefficient (Wildman–Crippen LogP) is 1.76. The molecule has 0 heterocycles. The quantitative estimate of drug-likeness (QED) is 0.358. The number of unbranched alkanes of at least 4 members (excludes halogenated alkanes) is 1.